The normalized spacial score (nSPS) is 18.2. The third-order valence-electron chi connectivity index (χ3n) is 4.58. The van der Waals surface area contributed by atoms with Gasteiger partial charge in [-0.3, -0.25) is 4.79 Å². The molecule has 0 aliphatic carbocycles. The summed E-state index contributed by atoms with van der Waals surface area (Å²) >= 11 is 13.7. The predicted octanol–water partition coefficient (Wildman–Crippen LogP) is 5.50. The molecule has 7 heteroatoms. The Bertz CT molecular complexity index is 733. The van der Waals surface area contributed by atoms with Crippen LogP contribution in [-0.2, 0) is 9.47 Å². The molecule has 0 saturated carbocycles. The summed E-state index contributed by atoms with van der Waals surface area (Å²) in [5.41, 5.74) is 1.03. The lowest BCUT2D eigenvalue weighted by atomic mass is 9.96. The van der Waals surface area contributed by atoms with Crippen LogP contribution in [0.15, 0.2) is 35.7 Å². The molecule has 1 amide bonds. The van der Waals surface area contributed by atoms with Gasteiger partial charge >= 0.3 is 0 Å². The summed E-state index contributed by atoms with van der Waals surface area (Å²) in [5, 5.41) is 5.94. The van der Waals surface area contributed by atoms with Crippen molar-refractivity contribution in [2.45, 2.75) is 37.9 Å². The van der Waals surface area contributed by atoms with E-state index in [1.165, 1.54) is 11.3 Å². The van der Waals surface area contributed by atoms with E-state index in [1.54, 1.807) is 6.07 Å². The second-order valence-electron chi connectivity index (χ2n) is 6.51. The standard InChI is InChI=1S/C20H23Cl2NO3S/c21-16-7-6-14(12-17(16)22)15(8-10-26-19-5-1-2-9-25-19)13-23-20(24)18-4-3-11-27-18/h3-4,6-7,11-12,15,19H,1-2,5,8-10,13H2,(H,23,24). The summed E-state index contributed by atoms with van der Waals surface area (Å²) in [6, 6.07) is 9.29. The van der Waals surface area contributed by atoms with Gasteiger partial charge in [-0.1, -0.05) is 35.3 Å². The molecular formula is C20H23Cl2NO3S. The van der Waals surface area contributed by atoms with Crippen molar-refractivity contribution in [1.82, 2.24) is 5.32 Å². The largest absolute Gasteiger partial charge is 0.353 e. The number of halogens is 2. The van der Waals surface area contributed by atoms with Crippen LogP contribution in [0.1, 0.15) is 46.8 Å². The molecule has 1 aliphatic heterocycles. The molecule has 1 aromatic carbocycles. The van der Waals surface area contributed by atoms with Crippen LogP contribution < -0.4 is 5.32 Å². The van der Waals surface area contributed by atoms with Gasteiger partial charge < -0.3 is 14.8 Å². The highest BCUT2D eigenvalue weighted by Crippen LogP contribution is 2.28. The highest BCUT2D eigenvalue weighted by atomic mass is 35.5. The molecule has 3 rings (SSSR count). The first-order valence-electron chi connectivity index (χ1n) is 9.13. The van der Waals surface area contributed by atoms with Gasteiger partial charge in [0.25, 0.3) is 5.91 Å². The Balaban J connectivity index is 1.60. The lowest BCUT2D eigenvalue weighted by molar-refractivity contribution is -0.163. The van der Waals surface area contributed by atoms with Gasteiger partial charge in [-0.05, 0) is 54.8 Å². The van der Waals surface area contributed by atoms with Crippen LogP contribution in [0.25, 0.3) is 0 Å². The number of rotatable bonds is 8. The number of carbonyl (C=O) groups is 1. The molecule has 0 bridgehead atoms. The third-order valence-corrected chi connectivity index (χ3v) is 6.18. The first-order chi connectivity index (χ1) is 13.1. The van der Waals surface area contributed by atoms with Gasteiger partial charge in [0.2, 0.25) is 0 Å². The van der Waals surface area contributed by atoms with Crippen LogP contribution in [0, 0.1) is 0 Å². The van der Waals surface area contributed by atoms with Crippen LogP contribution in [0.3, 0.4) is 0 Å². The zero-order valence-electron chi connectivity index (χ0n) is 15.0. The summed E-state index contributed by atoms with van der Waals surface area (Å²) in [6.45, 7) is 1.83. The minimum Gasteiger partial charge on any atom is -0.353 e. The number of carbonyl (C=O) groups excluding carboxylic acids is 1. The maximum absolute atomic E-state index is 12.3. The predicted molar refractivity (Wildman–Crippen MR) is 110 cm³/mol. The van der Waals surface area contributed by atoms with E-state index in [1.807, 2.05) is 29.6 Å². The molecule has 1 fully saturated rings. The first-order valence-corrected chi connectivity index (χ1v) is 10.8. The molecule has 27 heavy (non-hydrogen) atoms. The number of benzene rings is 1. The Kier molecular flexibility index (Phi) is 7.97. The monoisotopic (exact) mass is 427 g/mol. The summed E-state index contributed by atoms with van der Waals surface area (Å²) in [5.74, 6) is 0.0128. The molecule has 0 spiro atoms. The zero-order valence-corrected chi connectivity index (χ0v) is 17.3. The fraction of sp³-hybridized carbons (Fsp3) is 0.450. The van der Waals surface area contributed by atoms with E-state index in [9.17, 15) is 4.79 Å². The molecule has 2 heterocycles. The lowest BCUT2D eigenvalue weighted by Gasteiger charge is -2.24. The Morgan fingerprint density at radius 3 is 2.89 bits per heavy atom. The molecular weight excluding hydrogens is 405 g/mol. The van der Waals surface area contributed by atoms with Crippen LogP contribution in [0.5, 0.6) is 0 Å². The maximum Gasteiger partial charge on any atom is 0.261 e. The number of ether oxygens (including phenoxy) is 2. The van der Waals surface area contributed by atoms with Gasteiger partial charge in [-0.2, -0.15) is 0 Å². The molecule has 2 unspecified atom stereocenters. The summed E-state index contributed by atoms with van der Waals surface area (Å²) in [4.78, 5) is 13.0. The van der Waals surface area contributed by atoms with Crippen LogP contribution in [0.4, 0.5) is 0 Å². The van der Waals surface area contributed by atoms with Gasteiger partial charge in [0.15, 0.2) is 6.29 Å². The molecule has 2 aromatic rings. The fourth-order valence-corrected chi connectivity index (χ4v) is 3.99. The van der Waals surface area contributed by atoms with Crippen molar-refractivity contribution in [3.8, 4) is 0 Å². The van der Waals surface area contributed by atoms with Gasteiger partial charge in [0.05, 0.1) is 21.5 Å². The van der Waals surface area contributed by atoms with E-state index in [0.29, 0.717) is 28.1 Å². The minimum absolute atomic E-state index is 0.0633. The Labute approximate surface area is 173 Å². The summed E-state index contributed by atoms with van der Waals surface area (Å²) in [6.07, 6.45) is 3.81. The third kappa shape index (κ3) is 6.19. The van der Waals surface area contributed by atoms with E-state index in [2.05, 4.69) is 5.32 Å². The number of hydrogen-bond acceptors (Lipinski definition) is 4. The molecule has 2 atom stereocenters. The van der Waals surface area contributed by atoms with Crippen LogP contribution in [-0.4, -0.2) is 32.0 Å². The van der Waals surface area contributed by atoms with Crippen molar-refractivity contribution in [3.05, 3.63) is 56.2 Å². The van der Waals surface area contributed by atoms with Crippen molar-refractivity contribution in [1.29, 1.82) is 0 Å². The number of hydrogen-bond donors (Lipinski definition) is 1. The quantitative estimate of drug-likeness (QED) is 0.604. The highest BCUT2D eigenvalue weighted by molar-refractivity contribution is 7.12. The van der Waals surface area contributed by atoms with E-state index in [0.717, 1.165) is 37.9 Å². The summed E-state index contributed by atoms with van der Waals surface area (Å²) in [7, 11) is 0. The first kappa shape index (κ1) is 20.6. The molecule has 0 radical (unpaired) electrons. The van der Waals surface area contributed by atoms with Crippen molar-refractivity contribution in [3.63, 3.8) is 0 Å². The van der Waals surface area contributed by atoms with Crippen LogP contribution >= 0.6 is 34.5 Å². The Morgan fingerprint density at radius 1 is 1.30 bits per heavy atom. The smallest absolute Gasteiger partial charge is 0.261 e. The molecule has 1 aromatic heterocycles. The number of nitrogens with one attached hydrogen (secondary N) is 1. The average molecular weight is 428 g/mol. The molecule has 146 valence electrons. The van der Waals surface area contributed by atoms with E-state index in [4.69, 9.17) is 32.7 Å². The molecule has 1 saturated heterocycles. The highest BCUT2D eigenvalue weighted by Gasteiger charge is 2.18. The van der Waals surface area contributed by atoms with Crippen molar-refractivity contribution >= 4 is 40.4 Å². The second kappa shape index (κ2) is 10.4. The molecule has 1 N–H and O–H groups in total. The SMILES string of the molecule is O=C(NCC(CCOC1CCCCO1)c1ccc(Cl)c(Cl)c1)c1cccs1. The molecule has 4 nitrogen and oxygen atoms in total. The maximum atomic E-state index is 12.3. The van der Waals surface area contributed by atoms with E-state index < -0.39 is 0 Å². The minimum atomic E-state index is -0.117. The van der Waals surface area contributed by atoms with Gasteiger partial charge in [0, 0.05) is 19.1 Å². The van der Waals surface area contributed by atoms with Gasteiger partial charge in [-0.25, -0.2) is 0 Å². The number of amides is 1. The second-order valence-corrected chi connectivity index (χ2v) is 8.28. The average Bonchev–Trinajstić information content (AvgIpc) is 3.22. The van der Waals surface area contributed by atoms with Crippen molar-refractivity contribution in [2.75, 3.05) is 19.8 Å². The summed E-state index contributed by atoms with van der Waals surface area (Å²) < 4.78 is 11.5. The van der Waals surface area contributed by atoms with Gasteiger partial charge in [0.1, 0.15) is 0 Å². The fourth-order valence-electron chi connectivity index (χ4n) is 3.05. The lowest BCUT2D eigenvalue weighted by Crippen LogP contribution is -2.29. The van der Waals surface area contributed by atoms with Crippen molar-refractivity contribution < 1.29 is 14.3 Å². The zero-order chi connectivity index (χ0) is 19.1. The molecule has 1 aliphatic rings. The Morgan fingerprint density at radius 2 is 2.19 bits per heavy atom. The van der Waals surface area contributed by atoms with Crippen LogP contribution in [0.2, 0.25) is 10.0 Å². The van der Waals surface area contributed by atoms with Gasteiger partial charge in [-0.15, -0.1) is 11.3 Å². The topological polar surface area (TPSA) is 47.6 Å². The van der Waals surface area contributed by atoms with Crippen molar-refractivity contribution in [2.24, 2.45) is 0 Å². The Hall–Kier alpha value is -1.11. The van der Waals surface area contributed by atoms with E-state index >= 15 is 0 Å². The van der Waals surface area contributed by atoms with E-state index in [-0.39, 0.29) is 18.1 Å². The number of thiophene rings is 1.